The van der Waals surface area contributed by atoms with Crippen LogP contribution in [0.1, 0.15) is 51.4 Å². The number of anilines is 1. The summed E-state index contributed by atoms with van der Waals surface area (Å²) in [4.78, 5) is 26.6. The summed E-state index contributed by atoms with van der Waals surface area (Å²) in [6.07, 6.45) is 0.696. The molecule has 2 heterocycles. The van der Waals surface area contributed by atoms with Gasteiger partial charge in [0.25, 0.3) is 11.8 Å². The van der Waals surface area contributed by atoms with Gasteiger partial charge in [0.05, 0.1) is 27.9 Å². The number of amides is 2. The third kappa shape index (κ3) is 3.88. The predicted octanol–water partition coefficient (Wildman–Crippen LogP) is 3.31. The third-order valence-corrected chi connectivity index (χ3v) is 7.89. The highest BCUT2D eigenvalue weighted by atomic mass is 35.5. The van der Waals surface area contributed by atoms with Crippen LogP contribution < -0.4 is 11.1 Å². The second kappa shape index (κ2) is 8.12. The van der Waals surface area contributed by atoms with Crippen molar-refractivity contribution in [1.29, 1.82) is 0 Å². The molecule has 8 nitrogen and oxygen atoms in total. The first kappa shape index (κ1) is 24.1. The number of nitrogens with one attached hydrogen (secondary N) is 1. The highest BCUT2D eigenvalue weighted by Gasteiger charge is 2.48. The van der Waals surface area contributed by atoms with Crippen molar-refractivity contribution in [2.75, 3.05) is 11.9 Å². The van der Waals surface area contributed by atoms with Gasteiger partial charge >= 0.3 is 0 Å². The van der Waals surface area contributed by atoms with Gasteiger partial charge in [-0.25, -0.2) is 8.42 Å². The predicted molar refractivity (Wildman–Crippen MR) is 122 cm³/mol. The molecule has 0 saturated carbocycles. The maximum atomic E-state index is 13.5. The number of nitrogens with two attached hydrogens (primary N) is 1. The standard InChI is InChI=1S/C22H27ClN3O5S/c1-11(2)9-10-26-18(22(3,4)5)17(27)14(21(26)29)16-19(23)32(30,31)13-8-6-7-12(20(24)28)15(13)25-16/h7-8,11,18,25,27H,9-10H2,1-5H3,(H2,24,28)/t18-/m1/s1. The fraction of sp³-hybridized carbons (Fsp3) is 0.455. The summed E-state index contributed by atoms with van der Waals surface area (Å²) in [7, 11) is -4.28. The van der Waals surface area contributed by atoms with Gasteiger partial charge in [0, 0.05) is 6.54 Å². The Morgan fingerprint density at radius 3 is 2.50 bits per heavy atom. The second-order valence-corrected chi connectivity index (χ2v) is 11.9. The van der Waals surface area contributed by atoms with Gasteiger partial charge in [-0.05, 0) is 36.0 Å². The third-order valence-electron chi connectivity index (χ3n) is 5.51. The second-order valence-electron chi connectivity index (χ2n) is 9.46. The fourth-order valence-electron chi connectivity index (χ4n) is 3.97. The summed E-state index contributed by atoms with van der Waals surface area (Å²) in [6, 6.07) is 4.31. The average molecular weight is 481 g/mol. The molecule has 1 aromatic carbocycles. The molecule has 2 aliphatic rings. The monoisotopic (exact) mass is 480 g/mol. The van der Waals surface area contributed by atoms with Crippen LogP contribution in [0.2, 0.25) is 0 Å². The minimum atomic E-state index is -4.28. The zero-order chi connectivity index (χ0) is 24.2. The Morgan fingerprint density at radius 2 is 1.97 bits per heavy atom. The van der Waals surface area contributed by atoms with Gasteiger partial charge in [0.1, 0.15) is 11.3 Å². The Labute approximate surface area is 193 Å². The number of primary amides is 1. The van der Waals surface area contributed by atoms with Crippen molar-refractivity contribution in [1.82, 2.24) is 4.90 Å². The van der Waals surface area contributed by atoms with Crippen LogP contribution >= 0.6 is 11.6 Å². The molecule has 0 fully saturated rings. The molecule has 2 aliphatic heterocycles. The van der Waals surface area contributed by atoms with Crippen molar-refractivity contribution >= 4 is 38.9 Å². The van der Waals surface area contributed by atoms with E-state index in [2.05, 4.69) is 11.4 Å². The van der Waals surface area contributed by atoms with Crippen molar-refractivity contribution in [3.05, 3.63) is 45.2 Å². The number of aliphatic hydroxyl groups is 1. The van der Waals surface area contributed by atoms with Gasteiger partial charge < -0.3 is 21.1 Å². The van der Waals surface area contributed by atoms with Gasteiger partial charge in [0.15, 0.2) is 4.36 Å². The molecule has 0 bridgehead atoms. The number of carbonyl (C=O) groups is 2. The highest BCUT2D eigenvalue weighted by Crippen LogP contribution is 2.45. The summed E-state index contributed by atoms with van der Waals surface area (Å²) >= 11 is 6.26. The molecule has 173 valence electrons. The molecule has 32 heavy (non-hydrogen) atoms. The van der Waals surface area contributed by atoms with Crippen molar-refractivity contribution in [2.45, 2.75) is 52.0 Å². The first-order valence-electron chi connectivity index (χ1n) is 10.2. The molecule has 4 N–H and O–H groups in total. The number of nitrogens with zero attached hydrogens (tertiary/aromatic N) is 1. The van der Waals surface area contributed by atoms with E-state index in [9.17, 15) is 23.1 Å². The number of fused-ring (bicyclic) bond motifs is 1. The molecular formula is C22H27ClN3O5S. The molecule has 0 saturated heterocycles. The summed E-state index contributed by atoms with van der Waals surface area (Å²) in [5, 5.41) is 13.9. The van der Waals surface area contributed by atoms with E-state index < -0.39 is 37.5 Å². The van der Waals surface area contributed by atoms with Crippen molar-refractivity contribution in [3.8, 4) is 0 Å². The summed E-state index contributed by atoms with van der Waals surface area (Å²) in [6.45, 7) is 10.1. The van der Waals surface area contributed by atoms with Gasteiger partial charge in [0.2, 0.25) is 9.84 Å². The van der Waals surface area contributed by atoms with Crippen LogP contribution in [-0.4, -0.2) is 42.8 Å². The lowest BCUT2D eigenvalue weighted by molar-refractivity contribution is -0.128. The molecule has 0 aromatic heterocycles. The minimum Gasteiger partial charge on any atom is -0.509 e. The Balaban J connectivity index is 2.21. The topological polar surface area (TPSA) is 130 Å². The quantitative estimate of drug-likeness (QED) is 0.592. The number of hydrogen-bond donors (Lipinski definition) is 3. The Bertz CT molecular complexity index is 1160. The maximum Gasteiger partial charge on any atom is 0.260 e. The van der Waals surface area contributed by atoms with Gasteiger partial charge in [-0.3, -0.25) is 9.59 Å². The van der Waals surface area contributed by atoms with E-state index >= 15 is 0 Å². The zero-order valence-corrected chi connectivity index (χ0v) is 20.2. The van der Waals surface area contributed by atoms with Crippen LogP contribution in [-0.2, 0) is 14.6 Å². The molecule has 1 aromatic rings. The number of benzene rings is 1. The van der Waals surface area contributed by atoms with Gasteiger partial charge in [-0.2, -0.15) is 0 Å². The fourth-order valence-corrected chi connectivity index (χ4v) is 5.63. The van der Waals surface area contributed by atoms with E-state index in [4.69, 9.17) is 17.3 Å². The molecule has 0 spiro atoms. The van der Waals surface area contributed by atoms with Crippen LogP contribution in [0.3, 0.4) is 0 Å². The molecular weight excluding hydrogens is 454 g/mol. The molecule has 3 rings (SSSR count). The highest BCUT2D eigenvalue weighted by molar-refractivity contribution is 7.97. The first-order chi connectivity index (χ1) is 14.7. The van der Waals surface area contributed by atoms with Gasteiger partial charge in [-0.1, -0.05) is 46.2 Å². The number of aliphatic hydroxyl groups excluding tert-OH is 1. The Hall–Kier alpha value is -2.52. The molecule has 10 heteroatoms. The lowest BCUT2D eigenvalue weighted by atomic mass is 9.85. The van der Waals surface area contributed by atoms with Crippen LogP contribution in [0.4, 0.5) is 5.69 Å². The summed E-state index contributed by atoms with van der Waals surface area (Å²) in [5.41, 5.74) is 4.15. The number of carbonyl (C=O) groups excluding carboxylic acids is 2. The number of halogens is 1. The smallest absolute Gasteiger partial charge is 0.260 e. The first-order valence-corrected chi connectivity index (χ1v) is 12.1. The number of sulfone groups is 1. The number of rotatable bonds is 5. The van der Waals surface area contributed by atoms with Crippen molar-refractivity contribution in [2.24, 2.45) is 17.1 Å². The van der Waals surface area contributed by atoms with Crippen LogP contribution in [0, 0.1) is 17.4 Å². The van der Waals surface area contributed by atoms with E-state index in [0.717, 1.165) is 0 Å². The van der Waals surface area contributed by atoms with E-state index in [1.165, 1.54) is 12.1 Å². The zero-order valence-electron chi connectivity index (χ0n) is 18.6. The van der Waals surface area contributed by atoms with Crippen molar-refractivity contribution in [3.63, 3.8) is 0 Å². The van der Waals surface area contributed by atoms with Crippen LogP contribution in [0.5, 0.6) is 0 Å². The Kier molecular flexibility index (Phi) is 6.12. The molecule has 2 amide bonds. The number of hydrogen-bond acceptors (Lipinski definition) is 6. The van der Waals surface area contributed by atoms with E-state index in [1.807, 2.05) is 34.6 Å². The minimum absolute atomic E-state index is 0.100. The van der Waals surface area contributed by atoms with Crippen LogP contribution in [0.15, 0.2) is 38.4 Å². The summed E-state index contributed by atoms with van der Waals surface area (Å²) in [5.74, 6) is -1.37. The van der Waals surface area contributed by atoms with Crippen LogP contribution in [0.25, 0.3) is 0 Å². The lowest BCUT2D eigenvalue weighted by Crippen LogP contribution is -2.44. The van der Waals surface area contributed by atoms with E-state index in [1.54, 1.807) is 4.90 Å². The molecule has 0 aliphatic carbocycles. The summed E-state index contributed by atoms with van der Waals surface area (Å²) < 4.78 is 25.6. The normalized spacial score (nSPS) is 20.7. The Morgan fingerprint density at radius 1 is 1.34 bits per heavy atom. The maximum absolute atomic E-state index is 13.5. The van der Waals surface area contributed by atoms with Crippen molar-refractivity contribution < 1.29 is 23.1 Å². The van der Waals surface area contributed by atoms with Gasteiger partial charge in [-0.15, -0.1) is 0 Å². The molecule has 0 unspecified atom stereocenters. The van der Waals surface area contributed by atoms with E-state index in [-0.39, 0.29) is 33.2 Å². The average Bonchev–Trinajstić information content (AvgIpc) is 2.92. The SMILES string of the molecule is CC(C)CCN1C(=O)C(C2=C(Cl)S(=O)(=O)c3c[c]cc(C(N)=O)c3N2)=C(O)[C@@H]1C(C)(C)C. The molecule has 1 radical (unpaired) electrons. The molecule has 1 atom stereocenters. The van der Waals surface area contributed by atoms with E-state index in [0.29, 0.717) is 18.9 Å². The lowest BCUT2D eigenvalue weighted by Gasteiger charge is -2.35. The largest absolute Gasteiger partial charge is 0.509 e.